The first-order chi connectivity index (χ1) is 19.9. The Balaban J connectivity index is 1.79. The molecule has 3 N–H and O–H groups in total. The molecule has 0 spiro atoms. The van der Waals surface area contributed by atoms with Gasteiger partial charge in [-0.25, -0.2) is 9.59 Å². The van der Waals surface area contributed by atoms with Gasteiger partial charge in [-0.3, -0.25) is 9.59 Å². The van der Waals surface area contributed by atoms with Crippen molar-refractivity contribution in [3.8, 4) is 0 Å². The maximum absolute atomic E-state index is 13.6. The Kier molecular flexibility index (Phi) is 11.2. The first kappa shape index (κ1) is 31.9. The van der Waals surface area contributed by atoms with Crippen LogP contribution in [0.5, 0.6) is 0 Å². The Morgan fingerprint density at radius 3 is 1.90 bits per heavy atom. The van der Waals surface area contributed by atoms with E-state index in [9.17, 15) is 19.2 Å². The standard InChI is InChI=1S/C33H39N3O6/c1-22(2)28(36-32(40)42-33(3,4)5)29(37)25-18-12-13-19-26(25)34-30(38)27(20-23-14-8-6-9-15-23)35-31(39)41-21-24-16-10-7-11-17-24/h6-19,22,27-28H,20-21H2,1-5H3,(H,34,38)(H,35,39)(H,36,40)/t27-,28-/m0/s1. The lowest BCUT2D eigenvalue weighted by molar-refractivity contribution is -0.118. The monoisotopic (exact) mass is 573 g/mol. The molecule has 0 bridgehead atoms. The normalized spacial score (nSPS) is 12.5. The van der Waals surface area contributed by atoms with E-state index >= 15 is 0 Å². The number of benzene rings is 3. The molecule has 42 heavy (non-hydrogen) atoms. The number of para-hydroxylation sites is 1. The third-order valence-corrected chi connectivity index (χ3v) is 6.18. The second kappa shape index (κ2) is 14.8. The van der Waals surface area contributed by atoms with Gasteiger partial charge in [-0.05, 0) is 49.9 Å². The van der Waals surface area contributed by atoms with Gasteiger partial charge in [-0.2, -0.15) is 0 Å². The molecule has 3 rings (SSSR count). The summed E-state index contributed by atoms with van der Waals surface area (Å²) in [6, 6.07) is 23.1. The Labute approximate surface area is 247 Å². The first-order valence-electron chi connectivity index (χ1n) is 13.9. The van der Waals surface area contributed by atoms with Gasteiger partial charge in [-0.1, -0.05) is 86.6 Å². The minimum atomic E-state index is -1.00. The second-order valence-corrected chi connectivity index (χ2v) is 11.2. The van der Waals surface area contributed by atoms with Crippen molar-refractivity contribution < 1.29 is 28.7 Å². The molecule has 9 heteroatoms. The van der Waals surface area contributed by atoms with Crippen molar-refractivity contribution in [1.29, 1.82) is 0 Å². The Morgan fingerprint density at radius 1 is 0.738 bits per heavy atom. The van der Waals surface area contributed by atoms with Crippen LogP contribution < -0.4 is 16.0 Å². The van der Waals surface area contributed by atoms with Gasteiger partial charge in [-0.15, -0.1) is 0 Å². The molecule has 0 unspecified atom stereocenters. The number of anilines is 1. The van der Waals surface area contributed by atoms with Gasteiger partial charge in [0.25, 0.3) is 0 Å². The van der Waals surface area contributed by atoms with Gasteiger partial charge in [0.1, 0.15) is 18.2 Å². The summed E-state index contributed by atoms with van der Waals surface area (Å²) < 4.78 is 10.7. The lowest BCUT2D eigenvalue weighted by Crippen LogP contribution is -2.47. The number of nitrogens with one attached hydrogen (secondary N) is 3. The van der Waals surface area contributed by atoms with Gasteiger partial charge in [0.05, 0.1) is 11.7 Å². The van der Waals surface area contributed by atoms with E-state index in [0.717, 1.165) is 11.1 Å². The summed E-state index contributed by atoms with van der Waals surface area (Å²) in [4.78, 5) is 52.4. The van der Waals surface area contributed by atoms with Gasteiger partial charge >= 0.3 is 12.2 Å². The van der Waals surface area contributed by atoms with E-state index in [1.807, 2.05) is 74.5 Å². The molecule has 0 aliphatic carbocycles. The molecule has 0 fully saturated rings. The number of amides is 3. The number of ether oxygens (including phenoxy) is 2. The zero-order valence-electron chi connectivity index (χ0n) is 24.7. The SMILES string of the molecule is CC(C)[C@H](NC(=O)OC(C)(C)C)C(=O)c1ccccc1NC(=O)[C@H](Cc1ccccc1)NC(=O)OCc1ccccc1. The Morgan fingerprint density at radius 2 is 1.31 bits per heavy atom. The van der Waals surface area contributed by atoms with E-state index in [4.69, 9.17) is 9.47 Å². The molecule has 0 radical (unpaired) electrons. The van der Waals surface area contributed by atoms with E-state index in [-0.39, 0.29) is 36.0 Å². The Bertz CT molecular complexity index is 1350. The lowest BCUT2D eigenvalue weighted by atomic mass is 9.94. The van der Waals surface area contributed by atoms with Crippen LogP contribution >= 0.6 is 0 Å². The molecule has 0 saturated carbocycles. The molecule has 0 aliphatic heterocycles. The molecule has 9 nitrogen and oxygen atoms in total. The van der Waals surface area contributed by atoms with Crippen molar-refractivity contribution in [2.24, 2.45) is 5.92 Å². The zero-order valence-corrected chi connectivity index (χ0v) is 24.7. The fourth-order valence-corrected chi connectivity index (χ4v) is 4.13. The average molecular weight is 574 g/mol. The molecule has 3 aromatic rings. The molecule has 0 aromatic heterocycles. The third-order valence-electron chi connectivity index (χ3n) is 6.18. The number of hydrogen-bond donors (Lipinski definition) is 3. The quantitative estimate of drug-likeness (QED) is 0.246. The highest BCUT2D eigenvalue weighted by atomic mass is 16.6. The lowest BCUT2D eigenvalue weighted by Gasteiger charge is -2.26. The highest BCUT2D eigenvalue weighted by molar-refractivity contribution is 6.09. The maximum Gasteiger partial charge on any atom is 0.408 e. The molecule has 0 heterocycles. The van der Waals surface area contributed by atoms with Crippen LogP contribution in [-0.2, 0) is 27.3 Å². The summed E-state index contributed by atoms with van der Waals surface area (Å²) in [7, 11) is 0. The van der Waals surface area contributed by atoms with Crippen molar-refractivity contribution in [3.05, 3.63) is 102 Å². The summed E-state index contributed by atoms with van der Waals surface area (Å²) in [5.74, 6) is -1.18. The number of alkyl carbamates (subject to hydrolysis) is 2. The van der Waals surface area contributed by atoms with E-state index in [1.165, 1.54) is 0 Å². The number of rotatable bonds is 11. The van der Waals surface area contributed by atoms with Crippen LogP contribution in [0, 0.1) is 5.92 Å². The van der Waals surface area contributed by atoms with E-state index < -0.39 is 35.8 Å². The topological polar surface area (TPSA) is 123 Å². The smallest absolute Gasteiger partial charge is 0.408 e. The molecule has 2 atom stereocenters. The van der Waals surface area contributed by atoms with Gasteiger partial charge in [0.15, 0.2) is 5.78 Å². The molecular weight excluding hydrogens is 534 g/mol. The van der Waals surface area contributed by atoms with Crippen molar-refractivity contribution in [2.45, 2.75) is 65.3 Å². The summed E-state index contributed by atoms with van der Waals surface area (Å²) in [6.45, 7) is 8.87. The third kappa shape index (κ3) is 10.1. The number of carbonyl (C=O) groups excluding carboxylic acids is 4. The van der Waals surface area contributed by atoms with Gasteiger partial charge < -0.3 is 25.4 Å². The average Bonchev–Trinajstić information content (AvgIpc) is 2.94. The van der Waals surface area contributed by atoms with Crippen LogP contribution in [0.4, 0.5) is 15.3 Å². The molecule has 0 aliphatic rings. The highest BCUT2D eigenvalue weighted by Crippen LogP contribution is 2.21. The largest absolute Gasteiger partial charge is 0.445 e. The predicted octanol–water partition coefficient (Wildman–Crippen LogP) is 5.89. The van der Waals surface area contributed by atoms with Crippen LogP contribution in [0.15, 0.2) is 84.9 Å². The van der Waals surface area contributed by atoms with Crippen molar-refractivity contribution in [3.63, 3.8) is 0 Å². The minimum absolute atomic E-state index is 0.0466. The molecule has 0 saturated heterocycles. The van der Waals surface area contributed by atoms with Gasteiger partial charge in [0.2, 0.25) is 5.91 Å². The minimum Gasteiger partial charge on any atom is -0.445 e. The fraction of sp³-hybridized carbons (Fsp3) is 0.333. The summed E-state index contributed by atoms with van der Waals surface area (Å²) in [5, 5.41) is 8.13. The van der Waals surface area contributed by atoms with Crippen molar-refractivity contribution >= 4 is 29.6 Å². The molecule has 3 aromatic carbocycles. The van der Waals surface area contributed by atoms with Crippen LogP contribution in [-0.4, -0.2) is 41.6 Å². The molecule has 222 valence electrons. The maximum atomic E-state index is 13.6. The van der Waals surface area contributed by atoms with E-state index in [0.29, 0.717) is 0 Å². The summed E-state index contributed by atoms with van der Waals surface area (Å²) >= 11 is 0. The van der Waals surface area contributed by atoms with Crippen LogP contribution in [0.25, 0.3) is 0 Å². The fourth-order valence-electron chi connectivity index (χ4n) is 4.13. The van der Waals surface area contributed by atoms with E-state index in [1.54, 1.807) is 45.0 Å². The van der Waals surface area contributed by atoms with Crippen LogP contribution in [0.3, 0.4) is 0 Å². The van der Waals surface area contributed by atoms with Crippen molar-refractivity contribution in [1.82, 2.24) is 10.6 Å². The number of carbonyl (C=O) groups is 4. The predicted molar refractivity (Wildman–Crippen MR) is 161 cm³/mol. The second-order valence-electron chi connectivity index (χ2n) is 11.2. The number of hydrogen-bond acceptors (Lipinski definition) is 6. The number of ketones is 1. The molecule has 3 amide bonds. The van der Waals surface area contributed by atoms with Gasteiger partial charge in [0, 0.05) is 12.0 Å². The van der Waals surface area contributed by atoms with E-state index in [2.05, 4.69) is 16.0 Å². The first-order valence-corrected chi connectivity index (χ1v) is 13.9. The summed E-state index contributed by atoms with van der Waals surface area (Å²) in [5.41, 5.74) is 1.37. The zero-order chi connectivity index (χ0) is 30.7. The highest BCUT2D eigenvalue weighted by Gasteiger charge is 2.30. The van der Waals surface area contributed by atoms with Crippen LogP contribution in [0.2, 0.25) is 0 Å². The van der Waals surface area contributed by atoms with Crippen LogP contribution in [0.1, 0.15) is 56.1 Å². The Hall–Kier alpha value is -4.66. The molecular formula is C33H39N3O6. The number of Topliss-reactive ketones (excluding diaryl/α,β-unsaturated/α-hetero) is 1. The van der Waals surface area contributed by atoms with Crippen molar-refractivity contribution in [2.75, 3.05) is 5.32 Å². The summed E-state index contributed by atoms with van der Waals surface area (Å²) in [6.07, 6.45) is -1.27.